The molecule has 1 unspecified atom stereocenters. The van der Waals surface area contributed by atoms with E-state index in [1.807, 2.05) is 17.9 Å². The second kappa shape index (κ2) is 14.1. The van der Waals surface area contributed by atoms with E-state index in [0.717, 1.165) is 12.8 Å². The number of aromatic nitrogens is 1. The fraction of sp³-hybridized carbons (Fsp3) is 0.361. The first-order valence-corrected chi connectivity index (χ1v) is 15.7. The number of hydrogen-bond acceptors (Lipinski definition) is 6. The molecule has 45 heavy (non-hydrogen) atoms. The van der Waals surface area contributed by atoms with Gasteiger partial charge in [-0.1, -0.05) is 43.3 Å². The molecule has 4 aromatic rings. The normalized spacial score (nSPS) is 15.1. The van der Waals surface area contributed by atoms with Gasteiger partial charge in [0.25, 0.3) is 11.8 Å². The predicted molar refractivity (Wildman–Crippen MR) is 176 cm³/mol. The molecular formula is C36H42N4O5. The standard InChI is InChI=1S/C36H42N4O5/c1-3-39(21-7-20-37-24-31(42)28-14-16-30(41)33-29(28)15-17-32(43)38-33)34(44)25-10-12-26(13-11-25)35(45)40-22-18-36(2,19-23-40)27-8-5-4-6-9-27/h4-6,8-17,31,37,41-42H,3,7,18-24H2,1-2H3,(H,38,43). The van der Waals surface area contributed by atoms with Crippen LogP contribution in [0.5, 0.6) is 5.75 Å². The van der Waals surface area contributed by atoms with E-state index in [1.165, 1.54) is 17.7 Å². The third-order valence-electron chi connectivity index (χ3n) is 9.06. The monoisotopic (exact) mass is 610 g/mol. The number of carbonyl (C=O) groups is 2. The minimum atomic E-state index is -0.845. The number of amides is 2. The summed E-state index contributed by atoms with van der Waals surface area (Å²) in [6, 6.07) is 23.5. The third-order valence-corrected chi connectivity index (χ3v) is 9.06. The van der Waals surface area contributed by atoms with Gasteiger partial charge in [0.15, 0.2) is 0 Å². The van der Waals surface area contributed by atoms with Gasteiger partial charge in [-0.05, 0) is 85.7 Å². The Morgan fingerprint density at radius 3 is 2.36 bits per heavy atom. The van der Waals surface area contributed by atoms with Crippen LogP contribution in [0.15, 0.2) is 83.7 Å². The second-order valence-electron chi connectivity index (χ2n) is 12.0. The van der Waals surface area contributed by atoms with Crippen molar-refractivity contribution >= 4 is 22.7 Å². The van der Waals surface area contributed by atoms with Gasteiger partial charge in [-0.2, -0.15) is 0 Å². The van der Waals surface area contributed by atoms with Crippen LogP contribution in [-0.2, 0) is 5.41 Å². The fourth-order valence-electron chi connectivity index (χ4n) is 6.15. The van der Waals surface area contributed by atoms with E-state index in [0.29, 0.717) is 66.7 Å². The maximum Gasteiger partial charge on any atom is 0.253 e. The number of fused-ring (bicyclic) bond motifs is 1. The number of piperidine rings is 1. The van der Waals surface area contributed by atoms with Gasteiger partial charge in [0.1, 0.15) is 5.75 Å². The lowest BCUT2D eigenvalue weighted by atomic mass is 9.74. The maximum atomic E-state index is 13.2. The Kier molecular flexibility index (Phi) is 10.0. The molecule has 0 aliphatic carbocycles. The molecule has 1 aliphatic rings. The molecular weight excluding hydrogens is 568 g/mol. The lowest BCUT2D eigenvalue weighted by Crippen LogP contribution is -2.43. The van der Waals surface area contributed by atoms with Crippen LogP contribution >= 0.6 is 0 Å². The Hall–Kier alpha value is -4.47. The molecule has 0 bridgehead atoms. The van der Waals surface area contributed by atoms with E-state index in [-0.39, 0.29) is 35.1 Å². The van der Waals surface area contributed by atoms with E-state index in [1.54, 1.807) is 41.3 Å². The van der Waals surface area contributed by atoms with Crippen molar-refractivity contribution in [3.05, 3.63) is 111 Å². The first-order valence-electron chi connectivity index (χ1n) is 15.7. The van der Waals surface area contributed by atoms with Crippen molar-refractivity contribution in [2.24, 2.45) is 0 Å². The molecule has 1 aromatic heterocycles. The van der Waals surface area contributed by atoms with Gasteiger partial charge in [0, 0.05) is 55.3 Å². The highest BCUT2D eigenvalue weighted by Gasteiger charge is 2.33. The molecule has 1 fully saturated rings. The van der Waals surface area contributed by atoms with Crippen LogP contribution in [0, 0.1) is 0 Å². The average molecular weight is 611 g/mol. The van der Waals surface area contributed by atoms with E-state index in [4.69, 9.17) is 0 Å². The summed E-state index contributed by atoms with van der Waals surface area (Å²) in [6.45, 7) is 7.56. The SMILES string of the molecule is CCN(CCCNCC(O)c1ccc(O)c2[nH]c(=O)ccc12)C(=O)c1ccc(C(=O)N2CCC(C)(c3ccccc3)CC2)cc1. The Balaban J connectivity index is 1.09. The number of aromatic amines is 1. The summed E-state index contributed by atoms with van der Waals surface area (Å²) in [4.78, 5) is 44.4. The molecule has 1 saturated heterocycles. The predicted octanol–water partition coefficient (Wildman–Crippen LogP) is 4.60. The minimum absolute atomic E-state index is 0.00157. The average Bonchev–Trinajstić information content (AvgIpc) is 3.07. The van der Waals surface area contributed by atoms with Gasteiger partial charge >= 0.3 is 0 Å². The van der Waals surface area contributed by atoms with E-state index in [9.17, 15) is 24.6 Å². The number of carbonyl (C=O) groups excluding carboxylic acids is 2. The van der Waals surface area contributed by atoms with Crippen molar-refractivity contribution in [2.45, 2.75) is 44.6 Å². The van der Waals surface area contributed by atoms with Crippen LogP contribution in [0.4, 0.5) is 0 Å². The van der Waals surface area contributed by atoms with Crippen molar-refractivity contribution in [3.63, 3.8) is 0 Å². The Labute approximate surface area is 263 Å². The smallest absolute Gasteiger partial charge is 0.253 e. The molecule has 236 valence electrons. The summed E-state index contributed by atoms with van der Waals surface area (Å²) in [5, 5.41) is 24.7. The molecule has 0 saturated carbocycles. The highest BCUT2D eigenvalue weighted by Crippen LogP contribution is 2.35. The quantitative estimate of drug-likeness (QED) is 0.184. The molecule has 5 rings (SSSR count). The van der Waals surface area contributed by atoms with Crippen LogP contribution in [0.3, 0.4) is 0 Å². The number of nitrogens with one attached hydrogen (secondary N) is 2. The highest BCUT2D eigenvalue weighted by molar-refractivity contribution is 5.98. The summed E-state index contributed by atoms with van der Waals surface area (Å²) in [7, 11) is 0. The number of phenolic OH excluding ortho intramolecular Hbond substituents is 1. The molecule has 2 amide bonds. The zero-order valence-electron chi connectivity index (χ0n) is 26.0. The molecule has 1 atom stereocenters. The topological polar surface area (TPSA) is 126 Å². The van der Waals surface area contributed by atoms with Gasteiger partial charge < -0.3 is 30.3 Å². The van der Waals surface area contributed by atoms with Gasteiger partial charge in [0.2, 0.25) is 5.56 Å². The van der Waals surface area contributed by atoms with E-state index in [2.05, 4.69) is 41.5 Å². The lowest BCUT2D eigenvalue weighted by molar-refractivity contribution is 0.0674. The zero-order valence-corrected chi connectivity index (χ0v) is 26.0. The van der Waals surface area contributed by atoms with Crippen molar-refractivity contribution in [1.29, 1.82) is 0 Å². The Morgan fingerprint density at radius 1 is 0.978 bits per heavy atom. The summed E-state index contributed by atoms with van der Waals surface area (Å²) < 4.78 is 0. The summed E-state index contributed by atoms with van der Waals surface area (Å²) in [5.74, 6) is -0.137. The van der Waals surface area contributed by atoms with Gasteiger partial charge in [0.05, 0.1) is 11.6 Å². The minimum Gasteiger partial charge on any atom is -0.506 e. The number of H-pyrrole nitrogens is 1. The van der Waals surface area contributed by atoms with Crippen LogP contribution in [-0.4, -0.2) is 76.1 Å². The number of phenols is 1. The molecule has 4 N–H and O–H groups in total. The van der Waals surface area contributed by atoms with Crippen LogP contribution < -0.4 is 10.9 Å². The number of aliphatic hydroxyl groups excluding tert-OH is 1. The summed E-state index contributed by atoms with van der Waals surface area (Å²) >= 11 is 0. The molecule has 0 spiro atoms. The maximum absolute atomic E-state index is 13.2. The number of aliphatic hydroxyl groups is 1. The molecule has 1 aliphatic heterocycles. The van der Waals surface area contributed by atoms with E-state index >= 15 is 0 Å². The Morgan fingerprint density at radius 2 is 1.67 bits per heavy atom. The number of pyridine rings is 1. The van der Waals surface area contributed by atoms with Gasteiger partial charge in [-0.15, -0.1) is 0 Å². The molecule has 2 heterocycles. The van der Waals surface area contributed by atoms with Gasteiger partial charge in [-0.25, -0.2) is 0 Å². The van der Waals surface area contributed by atoms with Crippen LogP contribution in [0.2, 0.25) is 0 Å². The largest absolute Gasteiger partial charge is 0.506 e. The Bertz CT molecular complexity index is 1680. The second-order valence-corrected chi connectivity index (χ2v) is 12.0. The van der Waals surface area contributed by atoms with Crippen molar-refractivity contribution in [3.8, 4) is 5.75 Å². The molecule has 0 radical (unpaired) electrons. The number of aromatic hydroxyl groups is 1. The van der Waals surface area contributed by atoms with Gasteiger partial charge in [-0.3, -0.25) is 14.4 Å². The first-order chi connectivity index (χ1) is 21.7. The summed E-state index contributed by atoms with van der Waals surface area (Å²) in [6.07, 6.45) is 1.66. The third kappa shape index (κ3) is 7.27. The molecule has 9 nitrogen and oxygen atoms in total. The number of benzene rings is 3. The number of nitrogens with zero attached hydrogens (tertiary/aromatic N) is 2. The number of likely N-dealkylation sites (tertiary alicyclic amines) is 1. The van der Waals surface area contributed by atoms with Crippen molar-refractivity contribution in [2.75, 3.05) is 39.3 Å². The molecule has 9 heteroatoms. The van der Waals surface area contributed by atoms with Crippen LogP contribution in [0.25, 0.3) is 10.9 Å². The zero-order chi connectivity index (χ0) is 32.0. The number of hydrogen-bond donors (Lipinski definition) is 4. The van der Waals surface area contributed by atoms with E-state index < -0.39 is 6.10 Å². The first kappa shape index (κ1) is 31.9. The number of rotatable bonds is 11. The van der Waals surface area contributed by atoms with Crippen molar-refractivity contribution < 1.29 is 19.8 Å². The fourth-order valence-corrected chi connectivity index (χ4v) is 6.15. The summed E-state index contributed by atoms with van der Waals surface area (Å²) in [5.41, 5.74) is 3.09. The lowest BCUT2D eigenvalue weighted by Gasteiger charge is -2.40. The highest BCUT2D eigenvalue weighted by atomic mass is 16.3. The van der Waals surface area contributed by atoms with Crippen molar-refractivity contribution in [1.82, 2.24) is 20.1 Å². The molecule has 3 aromatic carbocycles. The van der Waals surface area contributed by atoms with Crippen LogP contribution in [0.1, 0.15) is 71.1 Å².